The summed E-state index contributed by atoms with van der Waals surface area (Å²) >= 11 is 0. The van der Waals surface area contributed by atoms with E-state index >= 15 is 0 Å². The van der Waals surface area contributed by atoms with Crippen LogP contribution in [0.3, 0.4) is 0 Å². The number of pyridine rings is 1. The van der Waals surface area contributed by atoms with Crippen LogP contribution in [-0.2, 0) is 38.3 Å². The number of anilines is 2. The minimum atomic E-state index is -2.36. The first-order valence-electron chi connectivity index (χ1n) is 27.9. The van der Waals surface area contributed by atoms with Crippen LogP contribution in [0.4, 0.5) is 16.2 Å². The number of carbonyl (C=O) groups is 3. The Bertz CT molecular complexity index is 3160. The maximum atomic E-state index is 13.9. The van der Waals surface area contributed by atoms with Gasteiger partial charge in [0.25, 0.3) is 0 Å². The van der Waals surface area contributed by atoms with Gasteiger partial charge >= 0.3 is 6.09 Å². The monoisotopic (exact) mass is 1080 g/mol. The van der Waals surface area contributed by atoms with Crippen LogP contribution in [0.1, 0.15) is 87.7 Å². The first kappa shape index (κ1) is 57.8. The van der Waals surface area contributed by atoms with Gasteiger partial charge in [0.15, 0.2) is 8.32 Å². The summed E-state index contributed by atoms with van der Waals surface area (Å²) < 4.78 is 19.6. The Kier molecular flexibility index (Phi) is 20.1. The summed E-state index contributed by atoms with van der Waals surface area (Å²) in [5.41, 5.74) is 8.09. The molecule has 1 aliphatic heterocycles. The van der Waals surface area contributed by atoms with Gasteiger partial charge in [0.1, 0.15) is 19.0 Å². The van der Waals surface area contributed by atoms with Crippen LogP contribution in [0.15, 0.2) is 169 Å². The summed E-state index contributed by atoms with van der Waals surface area (Å²) in [6, 6.07) is 53.8. The normalized spacial score (nSPS) is 13.5. The Labute approximate surface area is 467 Å². The molecular weight excluding hydrogens is 1000 g/mol. The number of piperidine rings is 1. The van der Waals surface area contributed by atoms with Crippen molar-refractivity contribution in [2.75, 3.05) is 56.7 Å². The largest absolute Gasteiger partial charge is 0.487 e. The molecule has 13 nitrogen and oxygen atoms in total. The summed E-state index contributed by atoms with van der Waals surface area (Å²) in [5.74, 6) is 0.300. The molecule has 79 heavy (non-hydrogen) atoms. The number of para-hydroxylation sites is 1. The molecule has 1 unspecified atom stereocenters. The van der Waals surface area contributed by atoms with E-state index in [0.29, 0.717) is 62.6 Å². The molecule has 0 saturated carbocycles. The van der Waals surface area contributed by atoms with Crippen LogP contribution < -0.4 is 20.6 Å². The third-order valence-electron chi connectivity index (χ3n) is 15.2. The predicted octanol–water partition coefficient (Wildman–Crippen LogP) is 13.2. The van der Waals surface area contributed by atoms with E-state index in [1.54, 1.807) is 23.0 Å². The quantitative estimate of drug-likeness (QED) is 0.0567. The first-order chi connectivity index (χ1) is 38.1. The molecule has 2 N–H and O–H groups in total. The lowest BCUT2D eigenvalue weighted by Gasteiger charge is -2.41. The number of aromatic amines is 1. The number of fused-ring (bicyclic) bond motifs is 1. The Hall–Kier alpha value is -7.36. The standard InChI is InChI=1S/C65H78N6O7Si/c1-65(2,3)79(5,6)78-59(55-34-36-58(63-56(55)35-37-61(73)67-63)77-48-51-25-13-8-14-26-51)47-69(46-50-23-11-7-12-24-50)43-38-49-27-21-30-53(45-49)66-60(72)33-22-40-68(4)62(74)39-44-76-64(75)71(70-41-19-10-20-42-70)57-32-18-17-31-54(57)52-28-15-9-16-29-52/h7-9,11-18,21,23-32,34-37,45,59H,10,19-20,22,33,38-44,46-48H2,1-6H3,(H,66,72)(H,67,73). The molecule has 3 amide bonds. The van der Waals surface area contributed by atoms with Crippen molar-refractivity contribution in [3.63, 3.8) is 0 Å². The van der Waals surface area contributed by atoms with Crippen LogP contribution in [0.2, 0.25) is 18.1 Å². The van der Waals surface area contributed by atoms with Gasteiger partial charge in [-0.25, -0.2) is 14.8 Å². The van der Waals surface area contributed by atoms with Gasteiger partial charge in [0, 0.05) is 75.4 Å². The molecule has 414 valence electrons. The SMILES string of the molecule is CN(CCCC(=O)Nc1cccc(CCN(Cc2ccccc2)CC(O[Si](C)(C)C(C)(C)C)c2ccc(OCc3ccccc3)c3[nH]c(=O)ccc23)c1)C(=O)CCOC(=O)N(c1ccccc1-c1ccccc1)N1CCCCC1. The van der Waals surface area contributed by atoms with Crippen molar-refractivity contribution in [1.29, 1.82) is 0 Å². The minimum absolute atomic E-state index is 0.0273. The summed E-state index contributed by atoms with van der Waals surface area (Å²) in [5, 5.41) is 7.59. The number of ether oxygens (including phenoxy) is 2. The number of hydrogen-bond acceptors (Lipinski definition) is 9. The fourth-order valence-electron chi connectivity index (χ4n) is 9.78. The van der Waals surface area contributed by atoms with Gasteiger partial charge in [-0.1, -0.05) is 155 Å². The third kappa shape index (κ3) is 16.1. The van der Waals surface area contributed by atoms with E-state index in [2.05, 4.69) is 85.5 Å². The van der Waals surface area contributed by atoms with E-state index < -0.39 is 14.4 Å². The fraction of sp³-hybridized carbons (Fsp3) is 0.354. The lowest BCUT2D eigenvalue weighted by Crippen LogP contribution is -2.49. The van der Waals surface area contributed by atoms with Crippen molar-refractivity contribution >= 4 is 48.5 Å². The topological polar surface area (TPSA) is 137 Å². The molecule has 1 atom stereocenters. The number of H-pyrrole nitrogens is 1. The maximum Gasteiger partial charge on any atom is 0.429 e. The molecule has 0 radical (unpaired) electrons. The van der Waals surface area contributed by atoms with E-state index in [4.69, 9.17) is 13.9 Å². The number of hydrogen-bond donors (Lipinski definition) is 2. The van der Waals surface area contributed by atoms with Crippen molar-refractivity contribution in [3.8, 4) is 16.9 Å². The van der Waals surface area contributed by atoms with E-state index in [-0.39, 0.29) is 48.0 Å². The summed E-state index contributed by atoms with van der Waals surface area (Å²) in [6.45, 7) is 15.4. The molecular formula is C65H78N6O7Si. The van der Waals surface area contributed by atoms with E-state index in [1.807, 2.05) is 126 Å². The van der Waals surface area contributed by atoms with Gasteiger partial charge in [-0.2, -0.15) is 0 Å². The van der Waals surface area contributed by atoms with Crippen molar-refractivity contribution in [2.45, 2.75) is 103 Å². The highest BCUT2D eigenvalue weighted by atomic mass is 28.4. The number of nitrogens with zero attached hydrogens (tertiary/aromatic N) is 4. The van der Waals surface area contributed by atoms with Gasteiger partial charge in [0.2, 0.25) is 17.4 Å². The number of nitrogens with one attached hydrogen (secondary N) is 2. The summed E-state index contributed by atoms with van der Waals surface area (Å²) in [6.07, 6.45) is 3.65. The van der Waals surface area contributed by atoms with Crippen LogP contribution >= 0.6 is 0 Å². The zero-order valence-electron chi connectivity index (χ0n) is 46.9. The first-order valence-corrected chi connectivity index (χ1v) is 30.8. The Balaban J connectivity index is 0.879. The second-order valence-electron chi connectivity index (χ2n) is 22.1. The van der Waals surface area contributed by atoms with Crippen LogP contribution in [-0.4, -0.2) is 92.4 Å². The Morgan fingerprint density at radius 1 is 0.734 bits per heavy atom. The molecule has 14 heteroatoms. The zero-order chi connectivity index (χ0) is 55.8. The minimum Gasteiger partial charge on any atom is -0.487 e. The van der Waals surface area contributed by atoms with Crippen molar-refractivity contribution in [1.82, 2.24) is 19.8 Å². The molecule has 0 spiro atoms. The Morgan fingerprint density at radius 2 is 1.41 bits per heavy atom. The van der Waals surface area contributed by atoms with Crippen LogP contribution in [0, 0.1) is 0 Å². The van der Waals surface area contributed by atoms with Crippen molar-refractivity contribution in [2.24, 2.45) is 0 Å². The molecule has 7 aromatic rings. The average Bonchev–Trinajstić information content (AvgIpc) is 3.52. The highest BCUT2D eigenvalue weighted by Crippen LogP contribution is 2.42. The molecule has 1 saturated heterocycles. The average molecular weight is 1080 g/mol. The number of amides is 3. The number of benzene rings is 6. The van der Waals surface area contributed by atoms with Crippen molar-refractivity contribution in [3.05, 3.63) is 196 Å². The van der Waals surface area contributed by atoms with Gasteiger partial charge in [-0.15, -0.1) is 0 Å². The number of aromatic nitrogens is 1. The Morgan fingerprint density at radius 3 is 2.13 bits per heavy atom. The van der Waals surface area contributed by atoms with E-state index in [0.717, 1.165) is 71.2 Å². The highest BCUT2D eigenvalue weighted by molar-refractivity contribution is 6.74. The highest BCUT2D eigenvalue weighted by Gasteiger charge is 2.40. The van der Waals surface area contributed by atoms with E-state index in [9.17, 15) is 19.2 Å². The molecule has 1 fully saturated rings. The molecule has 1 aliphatic rings. The van der Waals surface area contributed by atoms with Gasteiger partial charge in [-0.05, 0) is 102 Å². The van der Waals surface area contributed by atoms with Gasteiger partial charge in [0.05, 0.1) is 23.7 Å². The van der Waals surface area contributed by atoms with E-state index in [1.165, 1.54) is 5.56 Å². The molecule has 2 heterocycles. The third-order valence-corrected chi connectivity index (χ3v) is 19.7. The van der Waals surface area contributed by atoms with Crippen molar-refractivity contribution < 1.29 is 28.3 Å². The predicted molar refractivity (Wildman–Crippen MR) is 319 cm³/mol. The van der Waals surface area contributed by atoms with Gasteiger partial charge < -0.3 is 29.1 Å². The second kappa shape index (κ2) is 27.5. The summed E-state index contributed by atoms with van der Waals surface area (Å²) in [7, 11) is -0.644. The number of rotatable bonds is 24. The summed E-state index contributed by atoms with van der Waals surface area (Å²) in [4.78, 5) is 60.5. The number of hydrazine groups is 1. The molecule has 8 rings (SSSR count). The molecule has 1 aromatic heterocycles. The molecule has 6 aromatic carbocycles. The van der Waals surface area contributed by atoms with Gasteiger partial charge in [-0.3, -0.25) is 19.3 Å². The zero-order valence-corrected chi connectivity index (χ0v) is 47.9. The lowest BCUT2D eigenvalue weighted by molar-refractivity contribution is -0.131. The second-order valence-corrected chi connectivity index (χ2v) is 26.9. The molecule has 0 aliphatic carbocycles. The molecule has 0 bridgehead atoms. The maximum absolute atomic E-state index is 13.9. The van der Waals surface area contributed by atoms with Crippen LogP contribution in [0.25, 0.3) is 22.0 Å². The smallest absolute Gasteiger partial charge is 0.429 e. The number of carbonyl (C=O) groups excluding carboxylic acids is 3. The fourth-order valence-corrected chi connectivity index (χ4v) is 11.1. The van der Waals surface area contributed by atoms with Crippen LogP contribution in [0.5, 0.6) is 5.75 Å². The lowest BCUT2D eigenvalue weighted by atomic mass is 10.0.